The fourth-order valence-electron chi connectivity index (χ4n) is 0.807. The molecule has 13 heavy (non-hydrogen) atoms. The molecule has 0 atom stereocenters. The molecule has 0 heterocycles. The van der Waals surface area contributed by atoms with Crippen LogP contribution >= 0.6 is 27.5 Å². The second kappa shape index (κ2) is 4.15. The number of ketones is 1. The molecule has 0 aliphatic carbocycles. The summed E-state index contributed by atoms with van der Waals surface area (Å²) < 4.78 is 24.3. The maximum atomic E-state index is 12.0. The zero-order chi connectivity index (χ0) is 10.0. The lowest BCUT2D eigenvalue weighted by Crippen LogP contribution is -2.10. The molecule has 0 fully saturated rings. The molecule has 0 aromatic heterocycles. The van der Waals surface area contributed by atoms with Crippen LogP contribution in [0.5, 0.6) is 0 Å². The first-order valence-electron chi connectivity index (χ1n) is 3.30. The molecule has 0 aliphatic rings. The van der Waals surface area contributed by atoms with Gasteiger partial charge in [-0.15, -0.1) is 0 Å². The third-order valence-corrected chi connectivity index (χ3v) is 2.29. The van der Waals surface area contributed by atoms with E-state index in [0.29, 0.717) is 5.02 Å². The number of Topliss-reactive ketones (excluding diaryl/α,β-unsaturated/α-hetero) is 1. The summed E-state index contributed by atoms with van der Waals surface area (Å²) in [6.07, 6.45) is -2.99. The van der Waals surface area contributed by atoms with Crippen LogP contribution in [0.1, 0.15) is 10.4 Å². The largest absolute Gasteiger partial charge is 0.300 e. The van der Waals surface area contributed by atoms with Crippen LogP contribution in [-0.4, -0.2) is 12.2 Å². The fraction of sp³-hybridized carbons (Fsp3) is 0.125. The van der Waals surface area contributed by atoms with E-state index in [0.717, 1.165) is 0 Å². The lowest BCUT2D eigenvalue weighted by molar-refractivity contribution is 0.0678. The zero-order valence-corrected chi connectivity index (χ0v) is 8.57. The number of rotatable bonds is 2. The van der Waals surface area contributed by atoms with Crippen molar-refractivity contribution >= 4 is 33.3 Å². The van der Waals surface area contributed by atoms with Crippen LogP contribution in [0, 0.1) is 0 Å². The van der Waals surface area contributed by atoms with Gasteiger partial charge in [0, 0.05) is 15.1 Å². The van der Waals surface area contributed by atoms with E-state index >= 15 is 0 Å². The van der Waals surface area contributed by atoms with Crippen molar-refractivity contribution in [3.05, 3.63) is 33.3 Å². The molecule has 1 nitrogen and oxygen atoms in total. The number of hydrogen-bond acceptors (Lipinski definition) is 1. The van der Waals surface area contributed by atoms with Gasteiger partial charge in [0.1, 0.15) is 0 Å². The molecule has 0 spiro atoms. The number of halogens is 4. The summed E-state index contributed by atoms with van der Waals surface area (Å²) in [4.78, 5) is 10.9. The lowest BCUT2D eigenvalue weighted by Gasteiger charge is -2.02. The van der Waals surface area contributed by atoms with Crippen molar-refractivity contribution in [2.75, 3.05) is 0 Å². The predicted octanol–water partition coefficient (Wildman–Crippen LogP) is 3.55. The number of hydrogen-bond donors (Lipinski definition) is 0. The number of carbonyl (C=O) groups is 1. The van der Waals surface area contributed by atoms with Gasteiger partial charge >= 0.3 is 6.43 Å². The Morgan fingerprint density at radius 3 is 2.54 bits per heavy atom. The van der Waals surface area contributed by atoms with Gasteiger partial charge in [-0.2, -0.15) is 0 Å². The normalized spacial score (nSPS) is 10.5. The maximum absolute atomic E-state index is 12.0. The Hall–Kier alpha value is -0.480. The van der Waals surface area contributed by atoms with E-state index in [1.54, 1.807) is 0 Å². The van der Waals surface area contributed by atoms with Gasteiger partial charge in [-0.05, 0) is 34.1 Å². The molecule has 1 aromatic carbocycles. The molecule has 0 unspecified atom stereocenters. The van der Waals surface area contributed by atoms with Gasteiger partial charge in [0.2, 0.25) is 5.78 Å². The molecule has 1 rings (SSSR count). The summed E-state index contributed by atoms with van der Waals surface area (Å²) in [6, 6.07) is 4.06. The Balaban J connectivity index is 3.09. The van der Waals surface area contributed by atoms with Crippen molar-refractivity contribution in [3.63, 3.8) is 0 Å². The first-order valence-corrected chi connectivity index (χ1v) is 4.47. The molecule has 5 heteroatoms. The Labute approximate surface area is 86.8 Å². The second-order valence-electron chi connectivity index (χ2n) is 2.29. The molecule has 0 bridgehead atoms. The molecule has 0 saturated carbocycles. The highest BCUT2D eigenvalue weighted by Gasteiger charge is 2.19. The van der Waals surface area contributed by atoms with E-state index in [4.69, 9.17) is 11.6 Å². The summed E-state index contributed by atoms with van der Waals surface area (Å²) in [6.45, 7) is 0. The Kier molecular flexibility index (Phi) is 3.39. The van der Waals surface area contributed by atoms with Crippen LogP contribution in [0.2, 0.25) is 5.02 Å². The maximum Gasteiger partial charge on any atom is 0.300 e. The fourth-order valence-corrected chi connectivity index (χ4v) is 1.68. The van der Waals surface area contributed by atoms with Gasteiger partial charge in [-0.25, -0.2) is 8.78 Å². The third-order valence-electron chi connectivity index (χ3n) is 1.39. The van der Waals surface area contributed by atoms with Gasteiger partial charge in [0.05, 0.1) is 0 Å². The topological polar surface area (TPSA) is 17.1 Å². The highest BCUT2D eigenvalue weighted by atomic mass is 79.9. The Bertz CT molecular complexity index is 341. The molecule has 0 saturated heterocycles. The zero-order valence-electron chi connectivity index (χ0n) is 6.23. The van der Waals surface area contributed by atoms with E-state index in [9.17, 15) is 13.6 Å². The molecule has 1 aromatic rings. The highest BCUT2D eigenvalue weighted by molar-refractivity contribution is 9.10. The van der Waals surface area contributed by atoms with Crippen molar-refractivity contribution in [2.45, 2.75) is 6.43 Å². The van der Waals surface area contributed by atoms with E-state index in [1.807, 2.05) is 0 Å². The van der Waals surface area contributed by atoms with Gasteiger partial charge in [0.15, 0.2) is 0 Å². The minimum atomic E-state index is -2.99. The van der Waals surface area contributed by atoms with E-state index < -0.39 is 12.2 Å². The first kappa shape index (κ1) is 10.6. The van der Waals surface area contributed by atoms with E-state index in [-0.39, 0.29) is 10.0 Å². The third kappa shape index (κ3) is 2.48. The lowest BCUT2D eigenvalue weighted by atomic mass is 10.1. The summed E-state index contributed by atoms with van der Waals surface area (Å²) in [7, 11) is 0. The van der Waals surface area contributed by atoms with Gasteiger partial charge in [0.25, 0.3) is 0 Å². The van der Waals surface area contributed by atoms with Gasteiger partial charge < -0.3 is 0 Å². The van der Waals surface area contributed by atoms with Crippen LogP contribution < -0.4 is 0 Å². The average molecular weight is 269 g/mol. The summed E-state index contributed by atoms with van der Waals surface area (Å²) >= 11 is 8.55. The van der Waals surface area contributed by atoms with Crippen molar-refractivity contribution in [1.82, 2.24) is 0 Å². The minimum absolute atomic E-state index is 0.0561. The molecular weight excluding hydrogens is 265 g/mol. The van der Waals surface area contributed by atoms with Gasteiger partial charge in [-0.3, -0.25) is 4.79 Å². The van der Waals surface area contributed by atoms with Crippen LogP contribution in [0.3, 0.4) is 0 Å². The van der Waals surface area contributed by atoms with Crippen molar-refractivity contribution in [3.8, 4) is 0 Å². The Morgan fingerprint density at radius 2 is 2.08 bits per heavy atom. The van der Waals surface area contributed by atoms with Crippen LogP contribution in [0.25, 0.3) is 0 Å². The molecule has 0 N–H and O–H groups in total. The SMILES string of the molecule is O=C(c1ccc(Cl)cc1Br)C(F)F. The molecule has 70 valence electrons. The smallest absolute Gasteiger partial charge is 0.288 e. The van der Waals surface area contributed by atoms with E-state index in [2.05, 4.69) is 15.9 Å². The second-order valence-corrected chi connectivity index (χ2v) is 3.58. The molecule has 0 aliphatic heterocycles. The molecular formula is C8H4BrClF2O. The minimum Gasteiger partial charge on any atom is -0.288 e. The quantitative estimate of drug-likeness (QED) is 0.750. The van der Waals surface area contributed by atoms with Crippen molar-refractivity contribution in [2.24, 2.45) is 0 Å². The van der Waals surface area contributed by atoms with Crippen LogP contribution in [-0.2, 0) is 0 Å². The number of alkyl halides is 2. The first-order chi connectivity index (χ1) is 6.02. The van der Waals surface area contributed by atoms with Gasteiger partial charge in [-0.1, -0.05) is 11.6 Å². The number of carbonyl (C=O) groups excluding carboxylic acids is 1. The molecule has 0 radical (unpaired) electrons. The standard InChI is InChI=1S/C8H4BrClF2O/c9-6-3-4(10)1-2-5(6)7(13)8(11)12/h1-3,8H. The summed E-state index contributed by atoms with van der Waals surface area (Å²) in [5, 5.41) is 0.387. The van der Waals surface area contributed by atoms with Crippen LogP contribution in [0.15, 0.2) is 22.7 Å². The monoisotopic (exact) mass is 268 g/mol. The summed E-state index contributed by atoms with van der Waals surface area (Å²) in [5.74, 6) is -1.21. The molecule has 0 amide bonds. The highest BCUT2D eigenvalue weighted by Crippen LogP contribution is 2.23. The Morgan fingerprint density at radius 1 is 1.46 bits per heavy atom. The summed E-state index contributed by atoms with van der Waals surface area (Å²) in [5.41, 5.74) is -0.0561. The van der Waals surface area contributed by atoms with Crippen LogP contribution in [0.4, 0.5) is 8.78 Å². The van der Waals surface area contributed by atoms with Crippen molar-refractivity contribution < 1.29 is 13.6 Å². The van der Waals surface area contributed by atoms with Crippen molar-refractivity contribution in [1.29, 1.82) is 0 Å². The average Bonchev–Trinajstić information content (AvgIpc) is 2.03. The number of benzene rings is 1. The van der Waals surface area contributed by atoms with E-state index in [1.165, 1.54) is 18.2 Å². The predicted molar refractivity (Wildman–Crippen MR) is 49.5 cm³/mol.